The highest BCUT2D eigenvalue weighted by Crippen LogP contribution is 2.34. The highest BCUT2D eigenvalue weighted by molar-refractivity contribution is 8.38. The van der Waals surface area contributed by atoms with E-state index in [1.54, 1.807) is 11.8 Å². The summed E-state index contributed by atoms with van der Waals surface area (Å²) in [5.41, 5.74) is 4.67. The zero-order valence-electron chi connectivity index (χ0n) is 14.5. The number of carbonyl (C=O) groups excluding carboxylic acids is 1. The number of hydrogen-bond donors (Lipinski definition) is 1. The van der Waals surface area contributed by atoms with Gasteiger partial charge >= 0.3 is 0 Å². The van der Waals surface area contributed by atoms with E-state index in [-0.39, 0.29) is 11.9 Å². The Morgan fingerprint density at radius 3 is 2.76 bits per heavy atom. The summed E-state index contributed by atoms with van der Waals surface area (Å²) in [6.07, 6.45) is 0.878. The Labute approximate surface area is 157 Å². The number of fused-ring (bicyclic) bond motifs is 1. The van der Waals surface area contributed by atoms with Crippen molar-refractivity contribution in [3.05, 3.63) is 65.2 Å². The quantitative estimate of drug-likeness (QED) is 0.783. The van der Waals surface area contributed by atoms with Crippen molar-refractivity contribution in [2.75, 3.05) is 5.75 Å². The van der Waals surface area contributed by atoms with Gasteiger partial charge in [-0.1, -0.05) is 78.5 Å². The number of thioether (sulfide) groups is 2. The SMILES string of the molecule is CC[C@H](NC(=O)CSC1=Nc2ccccc2CS1)c1ccc(C)cc1. The average Bonchev–Trinajstić information content (AvgIpc) is 2.65. The van der Waals surface area contributed by atoms with Crippen molar-refractivity contribution < 1.29 is 4.79 Å². The normalized spacial score (nSPS) is 14.4. The molecule has 0 aliphatic carbocycles. The van der Waals surface area contributed by atoms with Crippen LogP contribution in [0.15, 0.2) is 53.5 Å². The predicted octanol–water partition coefficient (Wildman–Crippen LogP) is 5.23. The molecule has 5 heteroatoms. The molecule has 2 aromatic rings. The molecule has 1 atom stereocenters. The second kappa shape index (κ2) is 8.59. The van der Waals surface area contributed by atoms with Gasteiger partial charge in [-0.3, -0.25) is 4.79 Å². The van der Waals surface area contributed by atoms with Crippen LogP contribution in [0.25, 0.3) is 0 Å². The Morgan fingerprint density at radius 1 is 1.24 bits per heavy atom. The average molecular weight is 371 g/mol. The first-order chi connectivity index (χ1) is 12.2. The monoisotopic (exact) mass is 370 g/mol. The van der Waals surface area contributed by atoms with Gasteiger partial charge in [0.15, 0.2) is 0 Å². The molecular weight excluding hydrogens is 348 g/mol. The van der Waals surface area contributed by atoms with Gasteiger partial charge in [0.25, 0.3) is 0 Å². The van der Waals surface area contributed by atoms with Gasteiger partial charge in [-0.05, 0) is 30.5 Å². The van der Waals surface area contributed by atoms with Crippen molar-refractivity contribution in [2.24, 2.45) is 4.99 Å². The molecule has 25 heavy (non-hydrogen) atoms. The number of para-hydroxylation sites is 1. The Kier molecular flexibility index (Phi) is 6.21. The molecule has 3 rings (SSSR count). The van der Waals surface area contributed by atoms with E-state index in [9.17, 15) is 4.79 Å². The molecule has 0 saturated heterocycles. The number of hydrogen-bond acceptors (Lipinski definition) is 4. The van der Waals surface area contributed by atoms with Crippen LogP contribution in [0.4, 0.5) is 5.69 Å². The zero-order chi connectivity index (χ0) is 17.6. The summed E-state index contributed by atoms with van der Waals surface area (Å²) in [5.74, 6) is 1.38. The molecule has 0 unspecified atom stereocenters. The molecule has 1 amide bonds. The van der Waals surface area contributed by atoms with Gasteiger partial charge in [-0.2, -0.15) is 0 Å². The molecule has 1 N–H and O–H groups in total. The van der Waals surface area contributed by atoms with Crippen LogP contribution in [0.1, 0.15) is 36.1 Å². The smallest absolute Gasteiger partial charge is 0.230 e. The summed E-state index contributed by atoms with van der Waals surface area (Å²) in [4.78, 5) is 17.0. The van der Waals surface area contributed by atoms with Crippen LogP contribution in [0, 0.1) is 6.92 Å². The second-order valence-corrected chi connectivity index (χ2v) is 8.21. The second-order valence-electron chi connectivity index (χ2n) is 6.02. The zero-order valence-corrected chi connectivity index (χ0v) is 16.1. The lowest BCUT2D eigenvalue weighted by atomic mass is 10.0. The minimum Gasteiger partial charge on any atom is -0.349 e. The largest absolute Gasteiger partial charge is 0.349 e. The third-order valence-corrected chi connectivity index (χ3v) is 6.35. The number of rotatable bonds is 5. The lowest BCUT2D eigenvalue weighted by molar-refractivity contribution is -0.119. The summed E-state index contributed by atoms with van der Waals surface area (Å²) in [5, 5.41) is 3.14. The van der Waals surface area contributed by atoms with Crippen molar-refractivity contribution in [1.82, 2.24) is 5.32 Å². The van der Waals surface area contributed by atoms with Crippen LogP contribution in [0.5, 0.6) is 0 Å². The molecule has 1 heterocycles. The lowest BCUT2D eigenvalue weighted by Gasteiger charge is -2.18. The van der Waals surface area contributed by atoms with E-state index in [0.29, 0.717) is 5.75 Å². The Hall–Kier alpha value is -1.72. The predicted molar refractivity (Wildman–Crippen MR) is 110 cm³/mol. The molecule has 0 bridgehead atoms. The first-order valence-corrected chi connectivity index (χ1v) is 10.4. The molecule has 1 aliphatic rings. The number of benzene rings is 2. The summed E-state index contributed by atoms with van der Waals surface area (Å²) >= 11 is 3.22. The number of nitrogens with one attached hydrogen (secondary N) is 1. The molecule has 0 aromatic heterocycles. The van der Waals surface area contributed by atoms with Crippen molar-refractivity contribution in [2.45, 2.75) is 32.1 Å². The summed E-state index contributed by atoms with van der Waals surface area (Å²) < 4.78 is 0.970. The van der Waals surface area contributed by atoms with Crippen molar-refractivity contribution in [3.63, 3.8) is 0 Å². The van der Waals surface area contributed by atoms with Crippen LogP contribution in [0.2, 0.25) is 0 Å². The maximum Gasteiger partial charge on any atom is 0.230 e. The van der Waals surface area contributed by atoms with Gasteiger partial charge in [0.05, 0.1) is 17.5 Å². The van der Waals surface area contributed by atoms with Crippen molar-refractivity contribution >= 4 is 39.5 Å². The molecule has 0 fully saturated rings. The summed E-state index contributed by atoms with van der Waals surface area (Å²) in [6.45, 7) is 4.16. The lowest BCUT2D eigenvalue weighted by Crippen LogP contribution is -2.29. The molecule has 1 aliphatic heterocycles. The third kappa shape index (κ3) is 4.89. The first-order valence-electron chi connectivity index (χ1n) is 8.44. The van der Waals surface area contributed by atoms with Crippen LogP contribution in [-0.2, 0) is 10.5 Å². The minimum absolute atomic E-state index is 0.0552. The van der Waals surface area contributed by atoms with Crippen molar-refractivity contribution in [1.29, 1.82) is 0 Å². The molecule has 130 valence electrons. The molecule has 0 spiro atoms. The number of amides is 1. The number of aliphatic imine (C=N–C) groups is 1. The van der Waals surface area contributed by atoms with E-state index in [2.05, 4.69) is 54.5 Å². The third-order valence-electron chi connectivity index (χ3n) is 4.10. The van der Waals surface area contributed by atoms with Crippen LogP contribution in [-0.4, -0.2) is 16.0 Å². The van der Waals surface area contributed by atoms with E-state index in [1.165, 1.54) is 22.9 Å². The Balaban J connectivity index is 1.56. The fraction of sp³-hybridized carbons (Fsp3) is 0.300. The standard InChI is InChI=1S/C20H22N2OS2/c1-3-17(15-10-8-14(2)9-11-15)21-19(23)13-25-20-22-18-7-5-4-6-16(18)12-24-20/h4-11,17H,3,12-13H2,1-2H3,(H,21,23)/t17-/m0/s1. The molecule has 0 radical (unpaired) electrons. The van der Waals surface area contributed by atoms with E-state index in [1.807, 2.05) is 18.2 Å². The van der Waals surface area contributed by atoms with E-state index < -0.39 is 0 Å². The maximum absolute atomic E-state index is 12.3. The van der Waals surface area contributed by atoms with E-state index >= 15 is 0 Å². The van der Waals surface area contributed by atoms with Gasteiger partial charge in [0.1, 0.15) is 4.38 Å². The fourth-order valence-corrected chi connectivity index (χ4v) is 4.54. The number of nitrogens with zero attached hydrogens (tertiary/aromatic N) is 1. The fourth-order valence-electron chi connectivity index (χ4n) is 2.67. The number of aryl methyl sites for hydroxylation is 1. The first kappa shape index (κ1) is 18.1. The Bertz CT molecular complexity index is 772. The minimum atomic E-state index is 0.0552. The van der Waals surface area contributed by atoms with E-state index in [0.717, 1.165) is 27.8 Å². The van der Waals surface area contributed by atoms with Gasteiger partial charge in [0.2, 0.25) is 5.91 Å². The molecular formula is C20H22N2OS2. The van der Waals surface area contributed by atoms with Crippen molar-refractivity contribution in [3.8, 4) is 0 Å². The maximum atomic E-state index is 12.3. The van der Waals surface area contributed by atoms with Gasteiger partial charge < -0.3 is 5.32 Å². The summed E-state index contributed by atoms with van der Waals surface area (Å²) in [7, 11) is 0. The topological polar surface area (TPSA) is 41.5 Å². The Morgan fingerprint density at radius 2 is 2.00 bits per heavy atom. The number of carbonyl (C=O) groups is 1. The van der Waals surface area contributed by atoms with Crippen LogP contribution in [0.3, 0.4) is 0 Å². The molecule has 3 nitrogen and oxygen atoms in total. The van der Waals surface area contributed by atoms with Gasteiger partial charge in [0, 0.05) is 5.75 Å². The highest BCUT2D eigenvalue weighted by Gasteiger charge is 2.16. The summed E-state index contributed by atoms with van der Waals surface area (Å²) in [6, 6.07) is 16.6. The molecule has 2 aromatic carbocycles. The van der Waals surface area contributed by atoms with Gasteiger partial charge in [-0.15, -0.1) is 0 Å². The van der Waals surface area contributed by atoms with Crippen LogP contribution >= 0.6 is 23.5 Å². The highest BCUT2D eigenvalue weighted by atomic mass is 32.2. The van der Waals surface area contributed by atoms with Gasteiger partial charge in [-0.25, -0.2) is 4.99 Å². The van der Waals surface area contributed by atoms with E-state index in [4.69, 9.17) is 0 Å². The molecule has 0 saturated carbocycles. The van der Waals surface area contributed by atoms with Crippen LogP contribution < -0.4 is 5.32 Å².